The van der Waals surface area contributed by atoms with Gasteiger partial charge in [-0.1, -0.05) is 107 Å². The first-order chi connectivity index (χ1) is 28.6. The predicted octanol–water partition coefficient (Wildman–Crippen LogP) is 15.4. The van der Waals surface area contributed by atoms with E-state index < -0.39 is 17.7 Å². The smallest absolute Gasteiger partial charge is 0.394 e. The van der Waals surface area contributed by atoms with Crippen LogP contribution in [0.4, 0.5) is 11.4 Å². The highest BCUT2D eigenvalue weighted by atomic mass is 31.2. The Labute approximate surface area is 357 Å². The fourth-order valence-electron chi connectivity index (χ4n) is 8.82. The van der Waals surface area contributed by atoms with Crippen molar-refractivity contribution < 1.29 is 28.4 Å². The molecule has 0 aromatic heterocycles. The number of nitro groups is 2. The average Bonchev–Trinajstić information content (AvgIpc) is 3.31. The largest absolute Gasteiger partial charge is 0.584 e. The van der Waals surface area contributed by atoms with E-state index in [1.54, 1.807) is 12.1 Å². The van der Waals surface area contributed by atoms with Crippen LogP contribution in [0.25, 0.3) is 54.9 Å². The molecule has 0 unspecified atom stereocenters. The lowest BCUT2D eigenvalue weighted by Crippen LogP contribution is -2.06. The SMILES string of the molecule is CC(C)c1cc(C(C)C)c(-c2cc3cc([N+](=O)[O-])ccc3c3c2OP(=O)(O)Oc2c(-c4c(C(C)C)cc(C(C)C)cc4C(C)C)cc4cc([N+](=O)[O-])ccc4c2-3)c(C(C)C)c1. The first kappa shape index (κ1) is 43.5. The van der Waals surface area contributed by atoms with E-state index in [1.165, 1.54) is 24.3 Å². The summed E-state index contributed by atoms with van der Waals surface area (Å²) in [4.78, 5) is 35.9. The lowest BCUT2D eigenvalue weighted by Gasteiger charge is -2.26. The molecule has 0 atom stereocenters. The molecule has 0 saturated heterocycles. The van der Waals surface area contributed by atoms with Gasteiger partial charge >= 0.3 is 7.82 Å². The zero-order valence-electron chi connectivity index (χ0n) is 37.0. The minimum Gasteiger partial charge on any atom is -0.394 e. The quantitative estimate of drug-likeness (QED) is 0.0816. The van der Waals surface area contributed by atoms with E-state index in [2.05, 4.69) is 107 Å². The molecule has 11 heteroatoms. The summed E-state index contributed by atoms with van der Waals surface area (Å²) in [5.41, 5.74) is 9.41. The highest BCUT2D eigenvalue weighted by Gasteiger charge is 2.40. The third-order valence-corrected chi connectivity index (χ3v) is 12.9. The molecule has 0 fully saturated rings. The number of hydrogen-bond acceptors (Lipinski definition) is 7. The Balaban J connectivity index is 1.79. The van der Waals surface area contributed by atoms with Crippen LogP contribution in [0.3, 0.4) is 0 Å². The Morgan fingerprint density at radius 1 is 0.475 bits per heavy atom. The molecule has 10 nitrogen and oxygen atoms in total. The van der Waals surface area contributed by atoms with Crippen molar-refractivity contribution in [2.24, 2.45) is 0 Å². The monoisotopic (exact) mass is 842 g/mol. The van der Waals surface area contributed by atoms with Crippen LogP contribution in [0.1, 0.15) is 152 Å². The van der Waals surface area contributed by atoms with E-state index in [9.17, 15) is 29.7 Å². The van der Waals surface area contributed by atoms with Gasteiger partial charge in [-0.2, -0.15) is 0 Å². The molecule has 61 heavy (non-hydrogen) atoms. The van der Waals surface area contributed by atoms with Crippen molar-refractivity contribution >= 4 is 40.7 Å². The van der Waals surface area contributed by atoms with Crippen molar-refractivity contribution in [2.75, 3.05) is 0 Å². The van der Waals surface area contributed by atoms with Gasteiger partial charge < -0.3 is 9.05 Å². The normalized spacial score (nSPS) is 13.6. The maximum Gasteiger partial charge on any atom is 0.584 e. The molecule has 7 rings (SSSR count). The summed E-state index contributed by atoms with van der Waals surface area (Å²) in [6, 6.07) is 21.5. The number of rotatable bonds is 10. The number of non-ortho nitro benzene ring substituents is 2. The number of nitro benzene ring substituents is 2. The second-order valence-electron chi connectivity index (χ2n) is 18.3. The molecule has 0 bridgehead atoms. The molecule has 1 N–H and O–H groups in total. The Hall–Kier alpha value is -5.57. The topological polar surface area (TPSA) is 142 Å². The highest BCUT2D eigenvalue weighted by Crippen LogP contribution is 2.63. The minimum absolute atomic E-state index is 0.00334. The standard InChI is InChI=1S/C50H55N2O8P/c1-25(2)31-19-39(27(5)6)45(40(20-31)28(7)8)43-23-33-17-35(51(53)54)13-15-37(33)47-48-38-16-14-36(52(55)56)18-34(38)24-44(50(48)60-61(57,58)59-49(43)47)46-41(29(9)10)21-32(26(3)4)22-42(46)30(11)12/h13-30H,1-12H3,(H,57,58). The zero-order chi connectivity index (χ0) is 44.6. The van der Waals surface area contributed by atoms with E-state index in [0.29, 0.717) is 43.8 Å². The van der Waals surface area contributed by atoms with Crippen LogP contribution >= 0.6 is 7.82 Å². The summed E-state index contributed by atoms with van der Waals surface area (Å²) in [5, 5.41) is 26.8. The Morgan fingerprint density at radius 2 is 0.787 bits per heavy atom. The molecule has 0 amide bonds. The fourth-order valence-corrected chi connectivity index (χ4v) is 9.70. The van der Waals surface area contributed by atoms with E-state index in [0.717, 1.165) is 44.5 Å². The number of benzene rings is 6. The van der Waals surface area contributed by atoms with Gasteiger partial charge in [-0.15, -0.1) is 0 Å². The molecule has 6 aromatic carbocycles. The molecule has 6 aromatic rings. The summed E-state index contributed by atoms with van der Waals surface area (Å²) in [6.45, 7) is 25.4. The maximum atomic E-state index is 14.8. The number of phosphoric ester groups is 1. The molecule has 1 aliphatic rings. The molecule has 0 spiro atoms. The average molecular weight is 843 g/mol. The molecule has 0 aliphatic carbocycles. The van der Waals surface area contributed by atoms with Crippen LogP contribution in [0.5, 0.6) is 11.5 Å². The fraction of sp³-hybridized carbons (Fsp3) is 0.360. The Kier molecular flexibility index (Phi) is 11.4. The molecule has 0 radical (unpaired) electrons. The first-order valence-electron chi connectivity index (χ1n) is 21.2. The van der Waals surface area contributed by atoms with Gasteiger partial charge in [-0.3, -0.25) is 25.1 Å². The van der Waals surface area contributed by atoms with Crippen LogP contribution in [0, 0.1) is 20.2 Å². The van der Waals surface area contributed by atoms with Crippen molar-refractivity contribution in [1.82, 2.24) is 0 Å². The maximum absolute atomic E-state index is 14.8. The van der Waals surface area contributed by atoms with Gasteiger partial charge in [0.2, 0.25) is 0 Å². The minimum atomic E-state index is -5.02. The summed E-state index contributed by atoms with van der Waals surface area (Å²) < 4.78 is 27.6. The zero-order valence-corrected chi connectivity index (χ0v) is 37.9. The van der Waals surface area contributed by atoms with Crippen LogP contribution in [-0.4, -0.2) is 14.7 Å². The van der Waals surface area contributed by atoms with Gasteiger partial charge in [-0.25, -0.2) is 4.57 Å². The van der Waals surface area contributed by atoms with E-state index in [1.807, 2.05) is 12.1 Å². The second kappa shape index (κ2) is 16.0. The van der Waals surface area contributed by atoms with Crippen molar-refractivity contribution in [3.63, 3.8) is 0 Å². The third-order valence-electron chi connectivity index (χ3n) is 12.0. The number of nitrogens with zero attached hydrogens (tertiary/aromatic N) is 2. The van der Waals surface area contributed by atoms with Gasteiger partial charge in [0.1, 0.15) is 11.5 Å². The van der Waals surface area contributed by atoms with Gasteiger partial charge in [0, 0.05) is 46.5 Å². The summed E-state index contributed by atoms with van der Waals surface area (Å²) in [5.74, 6) is 0.618. The lowest BCUT2D eigenvalue weighted by atomic mass is 9.78. The molecular weight excluding hydrogens is 788 g/mol. The van der Waals surface area contributed by atoms with Crippen LogP contribution < -0.4 is 9.05 Å². The van der Waals surface area contributed by atoms with Crippen molar-refractivity contribution in [3.8, 4) is 44.9 Å². The van der Waals surface area contributed by atoms with E-state index in [4.69, 9.17) is 9.05 Å². The van der Waals surface area contributed by atoms with Gasteiger partial charge in [0.15, 0.2) is 0 Å². The Morgan fingerprint density at radius 3 is 1.05 bits per heavy atom. The lowest BCUT2D eigenvalue weighted by molar-refractivity contribution is -0.384. The summed E-state index contributed by atoms with van der Waals surface area (Å²) >= 11 is 0. The number of hydrogen-bond donors (Lipinski definition) is 1. The van der Waals surface area contributed by atoms with E-state index in [-0.39, 0.29) is 58.4 Å². The van der Waals surface area contributed by atoms with Crippen LogP contribution in [0.15, 0.2) is 72.8 Å². The van der Waals surface area contributed by atoms with Crippen LogP contribution in [0.2, 0.25) is 0 Å². The molecule has 1 heterocycles. The third kappa shape index (κ3) is 7.81. The second-order valence-corrected chi connectivity index (χ2v) is 19.6. The molecule has 318 valence electrons. The number of fused-ring (bicyclic) bond motifs is 7. The molecular formula is C50H55N2O8P. The van der Waals surface area contributed by atoms with Crippen LogP contribution in [-0.2, 0) is 4.57 Å². The highest BCUT2D eigenvalue weighted by molar-refractivity contribution is 7.48. The van der Waals surface area contributed by atoms with E-state index >= 15 is 0 Å². The number of phosphoric acid groups is 1. The van der Waals surface area contributed by atoms with Gasteiger partial charge in [-0.05, 0) is 126 Å². The van der Waals surface area contributed by atoms with Crippen molar-refractivity contribution in [3.05, 3.63) is 126 Å². The van der Waals surface area contributed by atoms with Crippen molar-refractivity contribution in [1.29, 1.82) is 0 Å². The Bertz CT molecular complexity index is 2590. The summed E-state index contributed by atoms with van der Waals surface area (Å²) in [7, 11) is -5.02. The van der Waals surface area contributed by atoms with Crippen molar-refractivity contribution in [2.45, 2.75) is 119 Å². The van der Waals surface area contributed by atoms with Gasteiger partial charge in [0.05, 0.1) is 9.85 Å². The van der Waals surface area contributed by atoms with Gasteiger partial charge in [0.25, 0.3) is 11.4 Å². The first-order valence-corrected chi connectivity index (χ1v) is 22.7. The molecule has 1 aliphatic heterocycles. The summed E-state index contributed by atoms with van der Waals surface area (Å²) in [6.07, 6.45) is 0. The molecule has 0 saturated carbocycles. The predicted molar refractivity (Wildman–Crippen MR) is 247 cm³/mol.